The molecule has 4 rings (SSSR count). The van der Waals surface area contributed by atoms with Gasteiger partial charge in [0.05, 0.1) is 18.6 Å². The number of pyridine rings is 1. The van der Waals surface area contributed by atoms with Crippen LogP contribution in [0.15, 0.2) is 24.8 Å². The van der Waals surface area contributed by atoms with Crippen LogP contribution in [-0.2, 0) is 17.3 Å². The molecule has 1 aliphatic carbocycles. The van der Waals surface area contributed by atoms with Crippen LogP contribution in [0.5, 0.6) is 0 Å². The Bertz CT molecular complexity index is 1030. The molecule has 3 heterocycles. The number of ether oxygens (including phenoxy) is 1. The van der Waals surface area contributed by atoms with Crippen molar-refractivity contribution in [2.45, 2.75) is 18.1 Å². The summed E-state index contributed by atoms with van der Waals surface area (Å²) in [6.45, 7) is 0. The van der Waals surface area contributed by atoms with Crippen molar-refractivity contribution in [3.63, 3.8) is 0 Å². The zero-order chi connectivity index (χ0) is 19.9. The van der Waals surface area contributed by atoms with E-state index < -0.39 is 23.3 Å². The van der Waals surface area contributed by atoms with Gasteiger partial charge in [0.15, 0.2) is 5.82 Å². The lowest BCUT2D eigenvalue weighted by Gasteiger charge is -2.19. The minimum atomic E-state index is -1.04. The lowest BCUT2D eigenvalue weighted by Crippen LogP contribution is -2.28. The molecule has 3 aromatic rings. The highest BCUT2D eigenvalue weighted by Gasteiger charge is 2.59. The lowest BCUT2D eigenvalue weighted by atomic mass is 10.1. The van der Waals surface area contributed by atoms with Crippen molar-refractivity contribution in [1.82, 2.24) is 29.5 Å². The van der Waals surface area contributed by atoms with Crippen molar-refractivity contribution in [1.29, 1.82) is 0 Å². The third-order valence-corrected chi connectivity index (χ3v) is 4.47. The highest BCUT2D eigenvalue weighted by atomic mass is 35.5. The number of imidazole rings is 1. The summed E-state index contributed by atoms with van der Waals surface area (Å²) < 4.78 is 34.7. The Morgan fingerprint density at radius 3 is 2.68 bits per heavy atom. The number of methoxy groups -OCH3 is 1. The molecular weight excluding hydrogens is 394 g/mol. The molecule has 0 amide bonds. The number of rotatable bonds is 6. The van der Waals surface area contributed by atoms with E-state index in [1.54, 1.807) is 17.1 Å². The number of anilines is 3. The normalized spacial score (nSPS) is 20.8. The summed E-state index contributed by atoms with van der Waals surface area (Å²) in [5.74, 6) is -0.810. The summed E-state index contributed by atoms with van der Waals surface area (Å²) >= 11 is 6.00. The lowest BCUT2D eigenvalue weighted by molar-refractivity contribution is 0.164. The number of aryl methyl sites for hydroxylation is 1. The van der Waals surface area contributed by atoms with Gasteiger partial charge in [-0.05, 0) is 11.6 Å². The molecule has 28 heavy (non-hydrogen) atoms. The minimum absolute atomic E-state index is 0.0107. The maximum atomic E-state index is 14.3. The van der Waals surface area contributed by atoms with Gasteiger partial charge in [0.25, 0.3) is 0 Å². The Balaban J connectivity index is 1.64. The molecule has 12 heteroatoms. The van der Waals surface area contributed by atoms with E-state index >= 15 is 0 Å². The van der Waals surface area contributed by atoms with E-state index in [1.165, 1.54) is 7.11 Å². The maximum absolute atomic E-state index is 14.3. The molecule has 0 saturated heterocycles. The Morgan fingerprint density at radius 2 is 2.04 bits per heavy atom. The number of halogens is 3. The van der Waals surface area contributed by atoms with Crippen LogP contribution in [0.3, 0.4) is 0 Å². The van der Waals surface area contributed by atoms with Gasteiger partial charge in [0.2, 0.25) is 17.2 Å². The van der Waals surface area contributed by atoms with E-state index in [2.05, 4.69) is 35.6 Å². The molecule has 0 unspecified atom stereocenters. The van der Waals surface area contributed by atoms with Crippen LogP contribution in [0.4, 0.5) is 26.5 Å². The minimum Gasteiger partial charge on any atom is -0.378 e. The van der Waals surface area contributed by atoms with E-state index in [9.17, 15) is 8.78 Å². The van der Waals surface area contributed by atoms with E-state index in [0.717, 1.165) is 12.3 Å². The van der Waals surface area contributed by atoms with E-state index in [-0.39, 0.29) is 22.9 Å². The Kier molecular flexibility index (Phi) is 4.55. The van der Waals surface area contributed by atoms with Gasteiger partial charge in [-0.25, -0.2) is 13.8 Å². The van der Waals surface area contributed by atoms with Crippen molar-refractivity contribution in [2.75, 3.05) is 17.7 Å². The first-order valence-electron chi connectivity index (χ1n) is 8.18. The number of nitrogens with one attached hydrogen (secondary N) is 2. The van der Waals surface area contributed by atoms with Gasteiger partial charge in [-0.1, -0.05) is 0 Å². The van der Waals surface area contributed by atoms with E-state index in [1.807, 2.05) is 7.05 Å². The molecule has 0 spiro atoms. The van der Waals surface area contributed by atoms with Crippen LogP contribution in [0, 0.1) is 11.6 Å². The number of nitrogens with zero attached hydrogens (tertiary/aromatic N) is 6. The Hall–Kier alpha value is -2.92. The van der Waals surface area contributed by atoms with Crippen LogP contribution < -0.4 is 10.6 Å². The van der Waals surface area contributed by atoms with Crippen LogP contribution in [0.2, 0.25) is 5.28 Å². The first-order valence-corrected chi connectivity index (χ1v) is 8.56. The largest absolute Gasteiger partial charge is 0.378 e. The summed E-state index contributed by atoms with van der Waals surface area (Å²) in [6.07, 6.45) is 4.27. The maximum Gasteiger partial charge on any atom is 0.234 e. The zero-order valence-corrected chi connectivity index (χ0v) is 15.6. The molecule has 3 aromatic heterocycles. The molecule has 9 nitrogen and oxygen atoms in total. The quantitative estimate of drug-likeness (QED) is 0.641. The van der Waals surface area contributed by atoms with Crippen molar-refractivity contribution in [2.24, 2.45) is 7.05 Å². The summed E-state index contributed by atoms with van der Waals surface area (Å²) in [4.78, 5) is 20.3. The van der Waals surface area contributed by atoms with Crippen molar-refractivity contribution >= 4 is 29.3 Å². The molecule has 0 radical (unpaired) electrons. The SMILES string of the molecule is CO[C@@H]1C[C@]1(Nc1nc(Cl)nc(Nc2cn(C)cn2)n1)c1ncc(F)cc1F. The first kappa shape index (κ1) is 18.4. The van der Waals surface area contributed by atoms with Crippen LogP contribution in [0.1, 0.15) is 12.1 Å². The molecule has 1 aliphatic rings. The van der Waals surface area contributed by atoms with E-state index in [0.29, 0.717) is 12.2 Å². The molecule has 2 N–H and O–H groups in total. The average molecular weight is 409 g/mol. The molecule has 1 fully saturated rings. The van der Waals surface area contributed by atoms with Gasteiger partial charge in [-0.2, -0.15) is 15.0 Å². The van der Waals surface area contributed by atoms with Crippen LogP contribution in [-0.4, -0.2) is 42.7 Å². The summed E-state index contributed by atoms with van der Waals surface area (Å²) in [6, 6.07) is 0.769. The Morgan fingerprint density at radius 1 is 1.25 bits per heavy atom. The highest BCUT2D eigenvalue weighted by Crippen LogP contribution is 2.50. The highest BCUT2D eigenvalue weighted by molar-refractivity contribution is 6.28. The van der Waals surface area contributed by atoms with Gasteiger partial charge >= 0.3 is 0 Å². The molecule has 0 bridgehead atoms. The van der Waals surface area contributed by atoms with Gasteiger partial charge in [-0.3, -0.25) is 4.98 Å². The summed E-state index contributed by atoms with van der Waals surface area (Å²) in [5.41, 5.74) is -1.03. The first-order chi connectivity index (χ1) is 13.4. The monoisotopic (exact) mass is 408 g/mol. The van der Waals surface area contributed by atoms with Gasteiger partial charge in [0.1, 0.15) is 22.9 Å². The fourth-order valence-electron chi connectivity index (χ4n) is 2.95. The number of aromatic nitrogens is 6. The standard InChI is InChI=1S/C16H15ClF2N8O/c1-27-6-11(21-7-27)22-14-23-13(17)24-15(25-14)26-16(4-10(16)28-2)12-9(19)3-8(18)5-20-12/h3,5-7,10H,4H2,1-2H3,(H2,22,23,24,25,26)/t10-,16-/m1/s1. The fraction of sp³-hybridized carbons (Fsp3) is 0.312. The molecule has 2 atom stereocenters. The average Bonchev–Trinajstić information content (AvgIpc) is 3.17. The molecule has 0 aliphatic heterocycles. The fourth-order valence-corrected chi connectivity index (χ4v) is 3.11. The molecule has 0 aromatic carbocycles. The number of hydrogen-bond donors (Lipinski definition) is 2. The molecule has 146 valence electrons. The van der Waals surface area contributed by atoms with Crippen molar-refractivity contribution in [3.8, 4) is 0 Å². The predicted octanol–water partition coefficient (Wildman–Crippen LogP) is 2.40. The molecular formula is C16H15ClF2N8O. The predicted molar refractivity (Wildman–Crippen MR) is 96.2 cm³/mol. The van der Waals surface area contributed by atoms with Crippen molar-refractivity contribution < 1.29 is 13.5 Å². The van der Waals surface area contributed by atoms with Gasteiger partial charge in [0, 0.05) is 32.8 Å². The summed E-state index contributed by atoms with van der Waals surface area (Å²) in [5, 5.41) is 5.85. The second-order valence-corrected chi connectivity index (χ2v) is 6.65. The third kappa shape index (κ3) is 3.45. The van der Waals surface area contributed by atoms with Crippen LogP contribution >= 0.6 is 11.6 Å². The topological polar surface area (TPSA) is 103 Å². The van der Waals surface area contributed by atoms with E-state index in [4.69, 9.17) is 16.3 Å². The molecule has 1 saturated carbocycles. The second kappa shape index (κ2) is 6.91. The Labute approximate surface area is 163 Å². The summed E-state index contributed by atoms with van der Waals surface area (Å²) in [7, 11) is 3.31. The second-order valence-electron chi connectivity index (χ2n) is 6.31. The third-order valence-electron chi connectivity index (χ3n) is 4.30. The van der Waals surface area contributed by atoms with Gasteiger partial charge in [-0.15, -0.1) is 0 Å². The smallest absolute Gasteiger partial charge is 0.234 e. The van der Waals surface area contributed by atoms with Gasteiger partial charge < -0.3 is 19.9 Å². The van der Waals surface area contributed by atoms with Crippen molar-refractivity contribution in [3.05, 3.63) is 47.4 Å². The van der Waals surface area contributed by atoms with Crippen LogP contribution in [0.25, 0.3) is 0 Å². The zero-order valence-electron chi connectivity index (χ0n) is 14.8. The number of hydrogen-bond acceptors (Lipinski definition) is 8.